The fourth-order valence-corrected chi connectivity index (χ4v) is 3.70. The van der Waals surface area contributed by atoms with Crippen LogP contribution in [0.25, 0.3) is 0 Å². The van der Waals surface area contributed by atoms with Crippen LogP contribution in [0.3, 0.4) is 0 Å². The third-order valence-electron chi connectivity index (χ3n) is 4.81. The molecule has 1 N–H and O–H groups in total. The minimum atomic E-state index is 0.108. The number of hydrogen-bond acceptors (Lipinski definition) is 2. The van der Waals surface area contributed by atoms with Crippen molar-refractivity contribution in [2.45, 2.75) is 65.0 Å². The smallest absolute Gasteiger partial charge is 0.0697 e. The van der Waals surface area contributed by atoms with Gasteiger partial charge in [0.2, 0.25) is 0 Å². The Kier molecular flexibility index (Phi) is 4.87. The van der Waals surface area contributed by atoms with Gasteiger partial charge in [0.15, 0.2) is 0 Å². The summed E-state index contributed by atoms with van der Waals surface area (Å²) in [7, 11) is 1.87. The molecule has 1 atom stereocenters. The van der Waals surface area contributed by atoms with Crippen molar-refractivity contribution in [1.29, 1.82) is 0 Å². The van der Waals surface area contributed by atoms with Crippen LogP contribution < -0.4 is 5.32 Å². The van der Waals surface area contributed by atoms with Crippen molar-refractivity contribution in [3.05, 3.63) is 34.4 Å². The molecule has 0 aromatic heterocycles. The Balaban J connectivity index is 2.29. The zero-order chi connectivity index (χ0) is 14.8. The molecule has 1 aromatic rings. The Morgan fingerprint density at radius 3 is 2.20 bits per heavy atom. The lowest BCUT2D eigenvalue weighted by atomic mass is 9.74. The van der Waals surface area contributed by atoms with E-state index in [4.69, 9.17) is 4.74 Å². The molecule has 0 amide bonds. The van der Waals surface area contributed by atoms with Gasteiger partial charge >= 0.3 is 0 Å². The first-order chi connectivity index (χ1) is 9.51. The molecule has 1 saturated carbocycles. The van der Waals surface area contributed by atoms with Crippen LogP contribution in [0.5, 0.6) is 0 Å². The van der Waals surface area contributed by atoms with Crippen molar-refractivity contribution >= 4 is 0 Å². The minimum absolute atomic E-state index is 0.108. The normalized spacial score (nSPS) is 18.6. The van der Waals surface area contributed by atoms with Crippen LogP contribution in [-0.2, 0) is 4.74 Å². The highest BCUT2D eigenvalue weighted by molar-refractivity contribution is 5.40. The summed E-state index contributed by atoms with van der Waals surface area (Å²) in [5.41, 5.74) is 5.74. The predicted octanol–water partition coefficient (Wildman–Crippen LogP) is 4.22. The largest absolute Gasteiger partial charge is 0.378 e. The van der Waals surface area contributed by atoms with Crippen LogP contribution in [0.4, 0.5) is 0 Å². The molecule has 1 aliphatic rings. The quantitative estimate of drug-likeness (QED) is 0.839. The molecule has 1 aliphatic carbocycles. The number of benzene rings is 1. The van der Waals surface area contributed by atoms with Crippen LogP contribution in [0.1, 0.15) is 60.9 Å². The zero-order valence-electron chi connectivity index (χ0n) is 13.7. The lowest BCUT2D eigenvalue weighted by Crippen LogP contribution is -2.43. The van der Waals surface area contributed by atoms with E-state index in [9.17, 15) is 0 Å². The number of nitrogens with one attached hydrogen (secondary N) is 1. The van der Waals surface area contributed by atoms with Gasteiger partial charge in [0.25, 0.3) is 0 Å². The molecule has 1 fully saturated rings. The van der Waals surface area contributed by atoms with E-state index in [0.29, 0.717) is 6.04 Å². The first kappa shape index (κ1) is 15.5. The molecule has 0 aliphatic heterocycles. The number of methoxy groups -OCH3 is 1. The molecule has 0 spiro atoms. The second-order valence-corrected chi connectivity index (χ2v) is 6.37. The fraction of sp³-hybridized carbons (Fsp3) is 0.667. The third-order valence-corrected chi connectivity index (χ3v) is 4.81. The molecule has 2 nitrogen and oxygen atoms in total. The van der Waals surface area contributed by atoms with Gasteiger partial charge < -0.3 is 10.1 Å². The molecule has 1 unspecified atom stereocenters. The summed E-state index contributed by atoms with van der Waals surface area (Å²) in [6, 6.07) is 5.00. The monoisotopic (exact) mass is 275 g/mol. The van der Waals surface area contributed by atoms with E-state index in [-0.39, 0.29) is 5.60 Å². The van der Waals surface area contributed by atoms with Crippen molar-refractivity contribution in [1.82, 2.24) is 5.32 Å². The van der Waals surface area contributed by atoms with E-state index in [1.807, 2.05) is 7.11 Å². The van der Waals surface area contributed by atoms with E-state index < -0.39 is 0 Å². The Bertz CT molecular complexity index is 434. The molecule has 0 heterocycles. The maximum Gasteiger partial charge on any atom is 0.0697 e. The number of ether oxygens (including phenoxy) is 1. The third kappa shape index (κ3) is 3.07. The Hall–Kier alpha value is -0.860. The summed E-state index contributed by atoms with van der Waals surface area (Å²) in [5, 5.41) is 3.68. The Morgan fingerprint density at radius 1 is 1.20 bits per heavy atom. The van der Waals surface area contributed by atoms with E-state index in [0.717, 1.165) is 13.0 Å². The van der Waals surface area contributed by atoms with Crippen molar-refractivity contribution in [2.24, 2.45) is 0 Å². The molecule has 0 radical (unpaired) electrons. The van der Waals surface area contributed by atoms with Crippen LogP contribution in [0.2, 0.25) is 0 Å². The number of aryl methyl sites for hydroxylation is 3. The van der Waals surface area contributed by atoms with Crippen LogP contribution in [-0.4, -0.2) is 19.3 Å². The molecule has 20 heavy (non-hydrogen) atoms. The van der Waals surface area contributed by atoms with Gasteiger partial charge in [-0.15, -0.1) is 0 Å². The van der Waals surface area contributed by atoms with Crippen molar-refractivity contribution < 1.29 is 4.74 Å². The summed E-state index contributed by atoms with van der Waals surface area (Å²) in [6.45, 7) is 9.83. The second-order valence-electron chi connectivity index (χ2n) is 6.37. The maximum atomic E-state index is 5.84. The molecule has 112 valence electrons. The standard InChI is InChI=1S/C18H29NO/c1-6-19-16(12-18(20-5)8-7-9-18)17-14(3)10-13(2)11-15(17)4/h10-11,16,19H,6-9,12H2,1-5H3. The van der Waals surface area contributed by atoms with Gasteiger partial charge in [-0.2, -0.15) is 0 Å². The van der Waals surface area contributed by atoms with Gasteiger partial charge in [-0.25, -0.2) is 0 Å². The van der Waals surface area contributed by atoms with Crippen molar-refractivity contribution in [3.8, 4) is 0 Å². The maximum absolute atomic E-state index is 5.84. The second kappa shape index (κ2) is 6.28. The van der Waals surface area contributed by atoms with Gasteiger partial charge in [-0.1, -0.05) is 24.6 Å². The zero-order valence-corrected chi connectivity index (χ0v) is 13.7. The first-order valence-electron chi connectivity index (χ1n) is 7.87. The highest BCUT2D eigenvalue weighted by Crippen LogP contribution is 2.42. The Morgan fingerprint density at radius 2 is 1.80 bits per heavy atom. The summed E-state index contributed by atoms with van der Waals surface area (Å²) in [4.78, 5) is 0. The average molecular weight is 275 g/mol. The van der Waals surface area contributed by atoms with Crippen molar-refractivity contribution in [2.75, 3.05) is 13.7 Å². The van der Waals surface area contributed by atoms with Gasteiger partial charge in [0.05, 0.1) is 5.60 Å². The summed E-state index contributed by atoms with van der Waals surface area (Å²) in [6.07, 6.45) is 4.80. The molecule has 2 heteroatoms. The van der Waals surface area contributed by atoms with E-state index in [1.165, 1.54) is 41.5 Å². The first-order valence-corrected chi connectivity index (χ1v) is 7.87. The highest BCUT2D eigenvalue weighted by Gasteiger charge is 2.39. The highest BCUT2D eigenvalue weighted by atomic mass is 16.5. The molecular weight excluding hydrogens is 246 g/mol. The molecule has 2 rings (SSSR count). The molecule has 0 saturated heterocycles. The number of rotatable bonds is 6. The van der Waals surface area contributed by atoms with E-state index in [2.05, 4.69) is 45.1 Å². The number of hydrogen-bond donors (Lipinski definition) is 1. The summed E-state index contributed by atoms with van der Waals surface area (Å²) >= 11 is 0. The van der Waals surface area contributed by atoms with E-state index in [1.54, 1.807) is 0 Å². The van der Waals surface area contributed by atoms with Gasteiger partial charge in [0, 0.05) is 13.2 Å². The lowest BCUT2D eigenvalue weighted by molar-refractivity contribution is -0.0838. The molecule has 0 bridgehead atoms. The molecule has 1 aromatic carbocycles. The minimum Gasteiger partial charge on any atom is -0.378 e. The summed E-state index contributed by atoms with van der Waals surface area (Å²) < 4.78 is 5.84. The van der Waals surface area contributed by atoms with Gasteiger partial charge in [0.1, 0.15) is 0 Å². The fourth-order valence-electron chi connectivity index (χ4n) is 3.70. The van der Waals surface area contributed by atoms with Crippen LogP contribution in [0.15, 0.2) is 12.1 Å². The average Bonchev–Trinajstić information content (AvgIpc) is 2.32. The topological polar surface area (TPSA) is 21.3 Å². The van der Waals surface area contributed by atoms with Crippen LogP contribution >= 0.6 is 0 Å². The van der Waals surface area contributed by atoms with Gasteiger partial charge in [-0.05, 0) is 69.7 Å². The van der Waals surface area contributed by atoms with Crippen LogP contribution in [0, 0.1) is 20.8 Å². The van der Waals surface area contributed by atoms with E-state index >= 15 is 0 Å². The lowest BCUT2D eigenvalue weighted by Gasteiger charge is -2.43. The molecular formula is C18H29NO. The predicted molar refractivity (Wildman–Crippen MR) is 85.3 cm³/mol. The Labute approximate surface area is 123 Å². The summed E-state index contributed by atoms with van der Waals surface area (Å²) in [5.74, 6) is 0. The van der Waals surface area contributed by atoms with Gasteiger partial charge in [-0.3, -0.25) is 0 Å². The SMILES string of the molecule is CCNC(CC1(OC)CCC1)c1c(C)cc(C)cc1C. The van der Waals surface area contributed by atoms with Crippen molar-refractivity contribution in [3.63, 3.8) is 0 Å².